The largest absolute Gasteiger partial charge is 0.496 e. The number of amides is 1. The van der Waals surface area contributed by atoms with Crippen LogP contribution in [0.2, 0.25) is 0 Å². The predicted octanol–water partition coefficient (Wildman–Crippen LogP) is 2.25. The molecule has 2 aromatic rings. The van der Waals surface area contributed by atoms with Crippen molar-refractivity contribution in [3.8, 4) is 5.75 Å². The lowest BCUT2D eigenvalue weighted by Gasteiger charge is -2.19. The fourth-order valence-electron chi connectivity index (χ4n) is 2.41. The van der Waals surface area contributed by atoms with Crippen LogP contribution in [0.1, 0.15) is 30.0 Å². The van der Waals surface area contributed by atoms with Crippen LogP contribution >= 0.6 is 0 Å². The number of carbonyl (C=O) groups excluding carboxylic acids is 1. The molecule has 0 fully saturated rings. The van der Waals surface area contributed by atoms with Crippen molar-refractivity contribution in [2.24, 2.45) is 0 Å². The molecule has 0 unspecified atom stereocenters. The molecule has 0 aliphatic heterocycles. The van der Waals surface area contributed by atoms with E-state index >= 15 is 0 Å². The van der Waals surface area contributed by atoms with Crippen LogP contribution in [-0.4, -0.2) is 38.8 Å². The van der Waals surface area contributed by atoms with Crippen LogP contribution in [0.15, 0.2) is 45.9 Å². The molecule has 1 N–H and O–H groups in total. The summed E-state index contributed by atoms with van der Waals surface area (Å²) in [5, 5.41) is 2.69. The summed E-state index contributed by atoms with van der Waals surface area (Å²) in [4.78, 5) is 12.5. The highest BCUT2D eigenvalue weighted by atomic mass is 32.2. The number of ether oxygens (including phenoxy) is 1. The van der Waals surface area contributed by atoms with Gasteiger partial charge < -0.3 is 14.5 Å². The Morgan fingerprint density at radius 2 is 1.96 bits per heavy atom. The molecular weight excluding hydrogens is 344 g/mol. The van der Waals surface area contributed by atoms with Gasteiger partial charge in [0.15, 0.2) is 0 Å². The predicted molar refractivity (Wildman–Crippen MR) is 93.0 cm³/mol. The molecule has 0 aliphatic rings. The maximum absolute atomic E-state index is 12.7. The van der Waals surface area contributed by atoms with Gasteiger partial charge in [0.1, 0.15) is 11.5 Å². The Morgan fingerprint density at radius 1 is 1.24 bits per heavy atom. The summed E-state index contributed by atoms with van der Waals surface area (Å²) in [7, 11) is -2.23. The number of hydrogen-bond acceptors (Lipinski definition) is 5. The second-order valence-corrected chi connectivity index (χ2v) is 7.15. The van der Waals surface area contributed by atoms with E-state index < -0.39 is 15.9 Å². The molecule has 1 heterocycles. The van der Waals surface area contributed by atoms with E-state index in [4.69, 9.17) is 9.15 Å². The lowest BCUT2D eigenvalue weighted by atomic mass is 10.2. The van der Waals surface area contributed by atoms with Crippen LogP contribution in [0.4, 0.5) is 0 Å². The van der Waals surface area contributed by atoms with Crippen LogP contribution in [0.3, 0.4) is 0 Å². The number of sulfonamides is 1. The van der Waals surface area contributed by atoms with E-state index in [-0.39, 0.29) is 17.0 Å². The molecule has 1 aromatic heterocycles. The molecule has 0 aliphatic carbocycles. The maximum atomic E-state index is 12.7. The summed E-state index contributed by atoms with van der Waals surface area (Å²) in [5.41, 5.74) is 0.155. The molecule has 2 rings (SSSR count). The normalized spacial score (nSPS) is 11.5. The number of hydrogen-bond donors (Lipinski definition) is 1. The third kappa shape index (κ3) is 4.21. The summed E-state index contributed by atoms with van der Waals surface area (Å²) < 4.78 is 37.0. The summed E-state index contributed by atoms with van der Waals surface area (Å²) >= 11 is 0. The highest BCUT2D eigenvalue weighted by Crippen LogP contribution is 2.24. The fourth-order valence-corrected chi connectivity index (χ4v) is 3.90. The average Bonchev–Trinajstić information content (AvgIpc) is 3.13. The number of furan rings is 1. The van der Waals surface area contributed by atoms with Crippen LogP contribution < -0.4 is 10.1 Å². The zero-order valence-corrected chi connectivity index (χ0v) is 15.3. The fraction of sp³-hybridized carbons (Fsp3) is 0.353. The molecular formula is C17H22N2O5S. The van der Waals surface area contributed by atoms with Gasteiger partial charge >= 0.3 is 0 Å². The summed E-state index contributed by atoms with van der Waals surface area (Å²) in [6.45, 7) is 4.43. The van der Waals surface area contributed by atoms with Crippen molar-refractivity contribution < 1.29 is 22.4 Å². The van der Waals surface area contributed by atoms with Gasteiger partial charge in [-0.2, -0.15) is 4.31 Å². The molecule has 0 bridgehead atoms. The first-order valence-corrected chi connectivity index (χ1v) is 9.36. The van der Waals surface area contributed by atoms with Gasteiger partial charge in [0.05, 0.1) is 30.4 Å². The highest BCUT2D eigenvalue weighted by molar-refractivity contribution is 7.89. The van der Waals surface area contributed by atoms with E-state index in [1.807, 2.05) is 0 Å². The Labute approximate surface area is 147 Å². The minimum Gasteiger partial charge on any atom is -0.496 e. The Bertz CT molecular complexity index is 812. The van der Waals surface area contributed by atoms with Crippen molar-refractivity contribution in [3.05, 3.63) is 47.9 Å². The molecule has 0 spiro atoms. The SMILES string of the molecule is CCN(CC)S(=O)(=O)c1ccc(OC)c(C(=O)NCc2ccco2)c1. The molecule has 0 atom stereocenters. The monoisotopic (exact) mass is 366 g/mol. The van der Waals surface area contributed by atoms with Gasteiger partial charge in [0.25, 0.3) is 5.91 Å². The molecule has 7 nitrogen and oxygen atoms in total. The maximum Gasteiger partial charge on any atom is 0.255 e. The number of methoxy groups -OCH3 is 1. The van der Waals surface area contributed by atoms with Gasteiger partial charge in [-0.3, -0.25) is 4.79 Å². The van der Waals surface area contributed by atoms with E-state index in [0.717, 1.165) is 0 Å². The lowest BCUT2D eigenvalue weighted by molar-refractivity contribution is 0.0944. The molecule has 1 amide bonds. The molecule has 1 aromatic carbocycles. The van der Waals surface area contributed by atoms with Crippen molar-refractivity contribution >= 4 is 15.9 Å². The minimum absolute atomic E-state index is 0.0557. The molecule has 25 heavy (non-hydrogen) atoms. The number of carbonyl (C=O) groups is 1. The van der Waals surface area contributed by atoms with Gasteiger partial charge in [0, 0.05) is 13.1 Å². The second-order valence-electron chi connectivity index (χ2n) is 5.21. The Hall–Kier alpha value is -2.32. The van der Waals surface area contributed by atoms with E-state index in [9.17, 15) is 13.2 Å². The van der Waals surface area contributed by atoms with Gasteiger partial charge in [-0.25, -0.2) is 8.42 Å². The summed E-state index contributed by atoms with van der Waals surface area (Å²) in [5.74, 6) is 0.458. The van der Waals surface area contributed by atoms with Gasteiger partial charge in [-0.1, -0.05) is 13.8 Å². The summed E-state index contributed by atoms with van der Waals surface area (Å²) in [6.07, 6.45) is 1.51. The van der Waals surface area contributed by atoms with Crippen molar-refractivity contribution in [1.29, 1.82) is 0 Å². The van der Waals surface area contributed by atoms with Gasteiger partial charge in [-0.15, -0.1) is 0 Å². The van der Waals surface area contributed by atoms with Crippen molar-refractivity contribution in [3.63, 3.8) is 0 Å². The van der Waals surface area contributed by atoms with E-state index in [2.05, 4.69) is 5.32 Å². The molecule has 0 saturated heterocycles. The Kier molecular flexibility index (Phi) is 6.22. The molecule has 0 radical (unpaired) electrons. The summed E-state index contributed by atoms with van der Waals surface area (Å²) in [6, 6.07) is 7.72. The van der Waals surface area contributed by atoms with E-state index in [1.54, 1.807) is 26.0 Å². The number of nitrogens with one attached hydrogen (secondary N) is 1. The van der Waals surface area contributed by atoms with E-state index in [1.165, 1.54) is 35.9 Å². The van der Waals surface area contributed by atoms with Crippen LogP contribution in [0, 0.1) is 0 Å². The third-order valence-electron chi connectivity index (χ3n) is 3.76. The van der Waals surface area contributed by atoms with Crippen LogP contribution in [0.5, 0.6) is 5.75 Å². The number of nitrogens with zero attached hydrogens (tertiary/aromatic N) is 1. The first-order chi connectivity index (χ1) is 11.9. The highest BCUT2D eigenvalue weighted by Gasteiger charge is 2.24. The van der Waals surface area contributed by atoms with Gasteiger partial charge in [0.2, 0.25) is 10.0 Å². The molecule has 8 heteroatoms. The number of rotatable bonds is 8. The first-order valence-electron chi connectivity index (χ1n) is 7.92. The smallest absolute Gasteiger partial charge is 0.255 e. The second kappa shape index (κ2) is 8.17. The first kappa shape index (κ1) is 19.0. The van der Waals surface area contributed by atoms with Crippen LogP contribution in [0.25, 0.3) is 0 Å². The Morgan fingerprint density at radius 3 is 2.52 bits per heavy atom. The van der Waals surface area contributed by atoms with Gasteiger partial charge in [-0.05, 0) is 30.3 Å². The van der Waals surface area contributed by atoms with Crippen molar-refractivity contribution in [2.45, 2.75) is 25.3 Å². The van der Waals surface area contributed by atoms with E-state index in [0.29, 0.717) is 24.6 Å². The zero-order valence-electron chi connectivity index (χ0n) is 14.5. The van der Waals surface area contributed by atoms with Crippen molar-refractivity contribution in [1.82, 2.24) is 9.62 Å². The lowest BCUT2D eigenvalue weighted by Crippen LogP contribution is -2.31. The number of benzene rings is 1. The molecule has 0 saturated carbocycles. The zero-order chi connectivity index (χ0) is 18.4. The third-order valence-corrected chi connectivity index (χ3v) is 5.81. The average molecular weight is 366 g/mol. The topological polar surface area (TPSA) is 88.8 Å². The van der Waals surface area contributed by atoms with Crippen LogP contribution in [-0.2, 0) is 16.6 Å². The Balaban J connectivity index is 2.31. The minimum atomic E-state index is -3.66. The molecule has 136 valence electrons. The van der Waals surface area contributed by atoms with Crippen molar-refractivity contribution in [2.75, 3.05) is 20.2 Å². The quantitative estimate of drug-likeness (QED) is 0.774. The standard InChI is InChI=1S/C17H22N2O5S/c1-4-19(5-2)25(21,22)14-8-9-16(23-3)15(11-14)17(20)18-12-13-7-6-10-24-13/h6-11H,4-5,12H2,1-3H3,(H,18,20).